The molecule has 0 spiro atoms. The molecule has 0 atom stereocenters. The number of benzene rings is 2. The molecule has 1 aliphatic heterocycles. The third kappa shape index (κ3) is 5.04. The van der Waals surface area contributed by atoms with Gasteiger partial charge in [0.1, 0.15) is 12.4 Å². The molecule has 0 aliphatic carbocycles. The first-order chi connectivity index (χ1) is 15.0. The molecule has 0 unspecified atom stereocenters. The molecular weight excluding hydrogens is 418 g/mol. The van der Waals surface area contributed by atoms with E-state index in [2.05, 4.69) is 21.0 Å². The van der Waals surface area contributed by atoms with Crippen molar-refractivity contribution in [3.05, 3.63) is 75.9 Å². The molecule has 31 heavy (non-hydrogen) atoms. The van der Waals surface area contributed by atoms with Crippen molar-refractivity contribution in [1.29, 1.82) is 0 Å². The second-order valence-corrected chi connectivity index (χ2v) is 7.63. The lowest BCUT2D eigenvalue weighted by atomic mass is 10.1. The number of nitrogens with one attached hydrogen (secondary N) is 3. The van der Waals surface area contributed by atoms with Crippen LogP contribution in [0.15, 0.2) is 48.5 Å². The molecule has 2 aromatic carbocycles. The Morgan fingerprint density at radius 2 is 2.00 bits per heavy atom. The van der Waals surface area contributed by atoms with E-state index in [1.807, 2.05) is 30.3 Å². The maximum Gasteiger partial charge on any atom is 0.411 e. The van der Waals surface area contributed by atoms with Crippen LogP contribution in [-0.4, -0.2) is 28.3 Å². The van der Waals surface area contributed by atoms with Gasteiger partial charge in [0.05, 0.1) is 5.69 Å². The molecule has 3 aromatic rings. The fraction of sp³-hybridized carbons (Fsp3) is 0.227. The average Bonchev–Trinajstić information content (AvgIpc) is 3.07. The van der Waals surface area contributed by atoms with Crippen LogP contribution >= 0.6 is 11.6 Å². The van der Waals surface area contributed by atoms with Gasteiger partial charge in [0.25, 0.3) is 5.91 Å². The third-order valence-corrected chi connectivity index (χ3v) is 5.14. The zero-order valence-electron chi connectivity index (χ0n) is 16.9. The first kappa shape index (κ1) is 20.9. The summed E-state index contributed by atoms with van der Waals surface area (Å²) in [5.74, 6) is 0.295. The number of amides is 2. The van der Waals surface area contributed by atoms with Crippen molar-refractivity contribution in [2.75, 3.05) is 17.2 Å². The van der Waals surface area contributed by atoms with E-state index in [0.717, 1.165) is 29.8 Å². The van der Waals surface area contributed by atoms with Crippen LogP contribution in [0.2, 0.25) is 5.02 Å². The second-order valence-electron chi connectivity index (χ2n) is 7.19. The highest BCUT2D eigenvalue weighted by molar-refractivity contribution is 6.31. The van der Waals surface area contributed by atoms with Crippen molar-refractivity contribution in [2.24, 2.45) is 7.05 Å². The molecule has 0 bridgehead atoms. The van der Waals surface area contributed by atoms with E-state index in [4.69, 9.17) is 16.3 Å². The summed E-state index contributed by atoms with van der Waals surface area (Å²) in [5, 5.41) is 13.6. The first-order valence-electron chi connectivity index (χ1n) is 9.84. The molecule has 8 nitrogen and oxygen atoms in total. The Morgan fingerprint density at radius 1 is 1.19 bits per heavy atom. The van der Waals surface area contributed by atoms with Crippen molar-refractivity contribution < 1.29 is 14.3 Å². The molecule has 2 heterocycles. The summed E-state index contributed by atoms with van der Waals surface area (Å²) in [7, 11) is 1.79. The van der Waals surface area contributed by atoms with Crippen LogP contribution in [0, 0.1) is 0 Å². The number of hydrogen-bond donors (Lipinski definition) is 3. The largest absolute Gasteiger partial charge is 0.444 e. The Hall–Kier alpha value is -3.36. The van der Waals surface area contributed by atoms with Gasteiger partial charge in [-0.25, -0.2) is 4.79 Å². The van der Waals surface area contributed by atoms with Gasteiger partial charge < -0.3 is 15.4 Å². The number of anilines is 2. The zero-order chi connectivity index (χ0) is 21.8. The van der Waals surface area contributed by atoms with Crippen LogP contribution in [0.3, 0.4) is 0 Å². The summed E-state index contributed by atoms with van der Waals surface area (Å²) in [6, 6.07) is 14.0. The number of halogens is 1. The Bertz CT molecular complexity index is 1110. The molecule has 0 saturated heterocycles. The fourth-order valence-corrected chi connectivity index (χ4v) is 3.67. The van der Waals surface area contributed by atoms with Gasteiger partial charge in [-0.3, -0.25) is 14.8 Å². The van der Waals surface area contributed by atoms with E-state index in [0.29, 0.717) is 28.6 Å². The molecular formula is C22H22ClN5O3. The highest BCUT2D eigenvalue weighted by atomic mass is 35.5. The second kappa shape index (κ2) is 9.20. The smallest absolute Gasteiger partial charge is 0.411 e. The third-order valence-electron chi connectivity index (χ3n) is 4.92. The number of aryl methyl sites for hydroxylation is 1. The Balaban J connectivity index is 1.44. The Kier molecular flexibility index (Phi) is 6.20. The van der Waals surface area contributed by atoms with Gasteiger partial charge in [-0.05, 0) is 23.8 Å². The number of carbonyl (C=O) groups is 2. The number of ether oxygens (including phenoxy) is 1. The summed E-state index contributed by atoms with van der Waals surface area (Å²) < 4.78 is 6.89. The monoisotopic (exact) mass is 439 g/mol. The lowest BCUT2D eigenvalue weighted by molar-refractivity contribution is 0.102. The van der Waals surface area contributed by atoms with Crippen molar-refractivity contribution in [3.63, 3.8) is 0 Å². The van der Waals surface area contributed by atoms with E-state index in [-0.39, 0.29) is 12.5 Å². The molecule has 2 amide bonds. The topological polar surface area (TPSA) is 97.3 Å². The van der Waals surface area contributed by atoms with Crippen LogP contribution in [0.4, 0.5) is 16.3 Å². The fourth-order valence-electron chi connectivity index (χ4n) is 3.44. The quantitative estimate of drug-likeness (QED) is 0.563. The maximum absolute atomic E-state index is 12.9. The van der Waals surface area contributed by atoms with Crippen LogP contribution in [-0.2, 0) is 31.4 Å². The molecule has 4 rings (SSSR count). The van der Waals surface area contributed by atoms with Gasteiger partial charge in [-0.1, -0.05) is 41.9 Å². The minimum Gasteiger partial charge on any atom is -0.444 e. The lowest BCUT2D eigenvalue weighted by Gasteiger charge is -2.14. The van der Waals surface area contributed by atoms with Crippen LogP contribution in [0.1, 0.15) is 27.2 Å². The Morgan fingerprint density at radius 3 is 2.81 bits per heavy atom. The highest BCUT2D eigenvalue weighted by Gasteiger charge is 2.21. The van der Waals surface area contributed by atoms with Crippen LogP contribution in [0.5, 0.6) is 0 Å². The van der Waals surface area contributed by atoms with Gasteiger partial charge in [-0.2, -0.15) is 5.10 Å². The van der Waals surface area contributed by atoms with Gasteiger partial charge >= 0.3 is 6.09 Å². The van der Waals surface area contributed by atoms with Crippen LogP contribution in [0.25, 0.3) is 0 Å². The SMILES string of the molecule is Cn1nc2c(c1NC(=O)c1cc(Cl)cc(NC(=O)OCc3ccccc3)c1)CNCC2. The summed E-state index contributed by atoms with van der Waals surface area (Å²) in [6.07, 6.45) is 0.180. The molecule has 0 radical (unpaired) electrons. The minimum absolute atomic E-state index is 0.139. The zero-order valence-corrected chi connectivity index (χ0v) is 17.7. The van der Waals surface area contributed by atoms with E-state index in [9.17, 15) is 9.59 Å². The number of carbonyl (C=O) groups excluding carboxylic acids is 2. The highest BCUT2D eigenvalue weighted by Crippen LogP contribution is 2.24. The van der Waals surface area contributed by atoms with E-state index >= 15 is 0 Å². The van der Waals surface area contributed by atoms with Gasteiger partial charge in [-0.15, -0.1) is 0 Å². The summed E-state index contributed by atoms with van der Waals surface area (Å²) >= 11 is 6.18. The summed E-state index contributed by atoms with van der Waals surface area (Å²) in [6.45, 7) is 1.65. The number of nitrogens with zero attached hydrogens (tertiary/aromatic N) is 2. The van der Waals surface area contributed by atoms with Crippen molar-refractivity contribution >= 4 is 35.1 Å². The molecule has 160 valence electrons. The number of rotatable bonds is 5. The minimum atomic E-state index is -0.635. The van der Waals surface area contributed by atoms with Crippen molar-refractivity contribution in [1.82, 2.24) is 15.1 Å². The van der Waals surface area contributed by atoms with E-state index < -0.39 is 6.09 Å². The van der Waals surface area contributed by atoms with E-state index in [1.54, 1.807) is 29.9 Å². The van der Waals surface area contributed by atoms with Gasteiger partial charge in [0.2, 0.25) is 0 Å². The Labute approximate surface area is 184 Å². The van der Waals surface area contributed by atoms with E-state index in [1.165, 1.54) is 0 Å². The number of fused-ring (bicyclic) bond motifs is 1. The predicted octanol–water partition coefficient (Wildman–Crippen LogP) is 3.72. The first-order valence-corrected chi connectivity index (χ1v) is 10.2. The molecule has 9 heteroatoms. The molecule has 1 aliphatic rings. The lowest BCUT2D eigenvalue weighted by Crippen LogP contribution is -2.24. The van der Waals surface area contributed by atoms with Crippen molar-refractivity contribution in [2.45, 2.75) is 19.6 Å². The normalized spacial score (nSPS) is 12.7. The van der Waals surface area contributed by atoms with Crippen LogP contribution < -0.4 is 16.0 Å². The average molecular weight is 440 g/mol. The predicted molar refractivity (Wildman–Crippen MR) is 118 cm³/mol. The molecule has 0 fully saturated rings. The van der Waals surface area contributed by atoms with Gasteiger partial charge in [0, 0.05) is 48.4 Å². The van der Waals surface area contributed by atoms with Crippen molar-refractivity contribution in [3.8, 4) is 0 Å². The van der Waals surface area contributed by atoms with Gasteiger partial charge in [0.15, 0.2) is 0 Å². The molecule has 3 N–H and O–H groups in total. The number of hydrogen-bond acceptors (Lipinski definition) is 5. The maximum atomic E-state index is 12.9. The standard InChI is InChI=1S/C22H22ClN5O3/c1-28-20(18-12-24-8-7-19(18)27-28)26-21(29)15-9-16(23)11-17(10-15)25-22(30)31-13-14-5-3-2-4-6-14/h2-6,9-11,24H,7-8,12-13H2,1H3,(H,25,30)(H,26,29). The summed E-state index contributed by atoms with van der Waals surface area (Å²) in [4.78, 5) is 25.0. The molecule has 1 aromatic heterocycles. The number of aromatic nitrogens is 2. The summed E-state index contributed by atoms with van der Waals surface area (Å²) in [5.41, 5.74) is 3.50. The molecule has 0 saturated carbocycles.